The highest BCUT2D eigenvalue weighted by molar-refractivity contribution is 7.22. The lowest BCUT2D eigenvalue weighted by molar-refractivity contribution is 0.0528. The summed E-state index contributed by atoms with van der Waals surface area (Å²) in [6, 6.07) is 16.9. The van der Waals surface area contributed by atoms with Gasteiger partial charge >= 0.3 is 5.97 Å². The van der Waals surface area contributed by atoms with Crippen LogP contribution in [-0.4, -0.2) is 25.6 Å². The summed E-state index contributed by atoms with van der Waals surface area (Å²) in [5.74, 6) is -0.199. The lowest BCUT2D eigenvalue weighted by Crippen LogP contribution is -2.13. The maximum atomic E-state index is 13.1. The number of nitrogens with one attached hydrogen (secondary N) is 1. The van der Waals surface area contributed by atoms with Crippen LogP contribution in [0.2, 0.25) is 5.02 Å². The number of benzene rings is 2. The molecule has 0 bridgehead atoms. The summed E-state index contributed by atoms with van der Waals surface area (Å²) in [7, 11) is 1.58. The summed E-state index contributed by atoms with van der Waals surface area (Å²) < 4.78 is 11.3. The van der Waals surface area contributed by atoms with Gasteiger partial charge in [0, 0.05) is 15.0 Å². The van der Waals surface area contributed by atoms with Crippen molar-refractivity contribution < 1.29 is 19.1 Å². The molecule has 0 aliphatic carbocycles. The van der Waals surface area contributed by atoms with Gasteiger partial charge in [0.15, 0.2) is 0 Å². The third-order valence-corrected chi connectivity index (χ3v) is 7.33. The molecule has 0 fully saturated rings. The molecule has 0 saturated carbocycles. The number of ether oxygens (including phenoxy) is 2. The van der Waals surface area contributed by atoms with Crippen molar-refractivity contribution >= 4 is 61.2 Å². The van der Waals surface area contributed by atoms with Crippen LogP contribution in [0.1, 0.15) is 27.0 Å². The van der Waals surface area contributed by atoms with Crippen LogP contribution in [0.4, 0.5) is 5.00 Å². The van der Waals surface area contributed by atoms with Gasteiger partial charge in [0.2, 0.25) is 0 Å². The zero-order chi connectivity index (χ0) is 22.0. The smallest absolute Gasteiger partial charge is 0.341 e. The number of thiophene rings is 2. The fourth-order valence-electron chi connectivity index (χ4n) is 3.07. The highest BCUT2D eigenvalue weighted by atomic mass is 35.5. The Bertz CT molecular complexity index is 1260. The molecule has 2 heterocycles. The van der Waals surface area contributed by atoms with Gasteiger partial charge in [-0.25, -0.2) is 4.79 Å². The van der Waals surface area contributed by atoms with E-state index in [0.717, 1.165) is 20.5 Å². The van der Waals surface area contributed by atoms with Crippen molar-refractivity contribution in [3.05, 3.63) is 70.1 Å². The molecule has 2 aromatic carbocycles. The molecule has 8 heteroatoms. The van der Waals surface area contributed by atoms with Gasteiger partial charge in [0.25, 0.3) is 5.91 Å². The van der Waals surface area contributed by atoms with Crippen molar-refractivity contribution in [1.82, 2.24) is 0 Å². The minimum Gasteiger partial charge on any atom is -0.497 e. The number of carbonyl (C=O) groups excluding carboxylic acids is 2. The van der Waals surface area contributed by atoms with Crippen LogP contribution in [-0.2, 0) is 4.74 Å². The molecular weight excluding hydrogens is 454 g/mol. The number of esters is 1. The third kappa shape index (κ3) is 4.30. The first-order chi connectivity index (χ1) is 15.0. The largest absolute Gasteiger partial charge is 0.497 e. The van der Waals surface area contributed by atoms with Crippen LogP contribution in [0.15, 0.2) is 54.6 Å². The first kappa shape index (κ1) is 21.4. The quantitative estimate of drug-likeness (QED) is 0.317. The lowest BCUT2D eigenvalue weighted by atomic mass is 10.1. The van der Waals surface area contributed by atoms with Crippen molar-refractivity contribution in [2.75, 3.05) is 19.0 Å². The summed E-state index contributed by atoms with van der Waals surface area (Å²) >= 11 is 9.11. The minimum atomic E-state index is -0.483. The molecule has 4 aromatic rings. The van der Waals surface area contributed by atoms with Crippen LogP contribution in [0.5, 0.6) is 5.75 Å². The third-order valence-electron chi connectivity index (χ3n) is 4.55. The summed E-state index contributed by atoms with van der Waals surface area (Å²) in [5.41, 5.74) is 1.27. The van der Waals surface area contributed by atoms with E-state index in [1.165, 1.54) is 22.7 Å². The van der Waals surface area contributed by atoms with Crippen LogP contribution in [0.25, 0.3) is 20.5 Å². The highest BCUT2D eigenvalue weighted by Gasteiger charge is 2.23. The maximum Gasteiger partial charge on any atom is 0.341 e. The van der Waals surface area contributed by atoms with Crippen LogP contribution >= 0.6 is 34.3 Å². The number of hydrogen-bond acceptors (Lipinski definition) is 6. The van der Waals surface area contributed by atoms with Gasteiger partial charge in [0.05, 0.1) is 24.3 Å². The van der Waals surface area contributed by atoms with Gasteiger partial charge in [-0.3, -0.25) is 4.79 Å². The van der Waals surface area contributed by atoms with E-state index >= 15 is 0 Å². The van der Waals surface area contributed by atoms with E-state index in [0.29, 0.717) is 26.2 Å². The summed E-state index contributed by atoms with van der Waals surface area (Å²) in [6.45, 7) is 1.98. The Kier molecular flexibility index (Phi) is 6.27. The van der Waals surface area contributed by atoms with E-state index < -0.39 is 5.97 Å². The maximum absolute atomic E-state index is 13.1. The number of rotatable bonds is 6. The second-order valence-corrected chi connectivity index (χ2v) is 8.98. The predicted molar refractivity (Wildman–Crippen MR) is 127 cm³/mol. The zero-order valence-electron chi connectivity index (χ0n) is 16.7. The highest BCUT2D eigenvalue weighted by Crippen LogP contribution is 2.40. The van der Waals surface area contributed by atoms with Crippen LogP contribution in [0.3, 0.4) is 0 Å². The Morgan fingerprint density at radius 3 is 2.55 bits per heavy atom. The average molecular weight is 472 g/mol. The molecule has 0 aliphatic rings. The Morgan fingerprint density at radius 2 is 1.84 bits per heavy atom. The molecule has 0 unspecified atom stereocenters. The molecule has 1 amide bonds. The van der Waals surface area contributed by atoms with Gasteiger partial charge in [-0.05, 0) is 36.8 Å². The molecule has 5 nitrogen and oxygen atoms in total. The summed E-state index contributed by atoms with van der Waals surface area (Å²) in [5, 5.41) is 4.39. The van der Waals surface area contributed by atoms with Gasteiger partial charge in [-0.2, -0.15) is 0 Å². The van der Waals surface area contributed by atoms with E-state index in [-0.39, 0.29) is 12.5 Å². The monoisotopic (exact) mass is 471 g/mol. The fraction of sp³-hybridized carbons (Fsp3) is 0.130. The molecule has 1 N–H and O–H groups in total. The molecule has 0 radical (unpaired) electrons. The molecule has 4 rings (SSSR count). The topological polar surface area (TPSA) is 64.6 Å². The van der Waals surface area contributed by atoms with E-state index in [1.54, 1.807) is 26.2 Å². The Morgan fingerprint density at radius 1 is 1.06 bits per heavy atom. The number of carbonyl (C=O) groups is 2. The van der Waals surface area contributed by atoms with Crippen LogP contribution < -0.4 is 10.1 Å². The normalized spacial score (nSPS) is 10.8. The molecule has 0 aliphatic heterocycles. The van der Waals surface area contributed by atoms with Gasteiger partial charge in [-0.1, -0.05) is 41.9 Å². The van der Waals surface area contributed by atoms with Crippen molar-refractivity contribution in [1.29, 1.82) is 0 Å². The number of hydrogen-bond donors (Lipinski definition) is 1. The first-order valence-corrected chi connectivity index (χ1v) is 11.5. The Labute approximate surface area is 192 Å². The van der Waals surface area contributed by atoms with E-state index in [2.05, 4.69) is 5.32 Å². The molecule has 31 heavy (non-hydrogen) atoms. The van der Waals surface area contributed by atoms with E-state index in [4.69, 9.17) is 21.1 Å². The van der Waals surface area contributed by atoms with Gasteiger partial charge in [0.1, 0.15) is 15.6 Å². The summed E-state index contributed by atoms with van der Waals surface area (Å²) in [6.07, 6.45) is 0. The summed E-state index contributed by atoms with van der Waals surface area (Å²) in [4.78, 5) is 26.8. The Balaban J connectivity index is 1.70. The second-order valence-electron chi connectivity index (χ2n) is 6.50. The van der Waals surface area contributed by atoms with Crippen molar-refractivity contribution in [3.63, 3.8) is 0 Å². The fourth-order valence-corrected chi connectivity index (χ4v) is 5.50. The molecule has 158 valence electrons. The van der Waals surface area contributed by atoms with E-state index in [1.807, 2.05) is 42.5 Å². The van der Waals surface area contributed by atoms with Crippen molar-refractivity contribution in [2.45, 2.75) is 6.92 Å². The second kappa shape index (κ2) is 9.09. The molecular formula is C23H18ClNO4S2. The van der Waals surface area contributed by atoms with Gasteiger partial charge in [-0.15, -0.1) is 22.7 Å². The lowest BCUT2D eigenvalue weighted by Gasteiger charge is -2.05. The molecule has 0 atom stereocenters. The first-order valence-electron chi connectivity index (χ1n) is 9.45. The predicted octanol–water partition coefficient (Wildman–Crippen LogP) is 6.72. The number of anilines is 1. The zero-order valence-corrected chi connectivity index (χ0v) is 19.1. The minimum absolute atomic E-state index is 0.243. The number of methoxy groups -OCH3 is 1. The standard InChI is InChI=1S/C23H18ClNO4S2/c1-3-29-23(27)16-12-18(13-7-5-4-6-8-13)31-22(16)25-21(26)20-19(24)15-11-14(28-2)9-10-17(15)30-20/h4-12H,3H2,1-2H3,(H,25,26). The average Bonchev–Trinajstić information content (AvgIpc) is 3.35. The molecule has 2 aromatic heterocycles. The van der Waals surface area contributed by atoms with E-state index in [9.17, 15) is 9.59 Å². The SMILES string of the molecule is CCOC(=O)c1cc(-c2ccccc2)sc1NC(=O)c1sc2ccc(OC)cc2c1Cl. The molecule has 0 spiro atoms. The van der Waals surface area contributed by atoms with Crippen LogP contribution in [0, 0.1) is 0 Å². The number of fused-ring (bicyclic) bond motifs is 1. The Hall–Kier alpha value is -2.87. The number of amides is 1. The van der Waals surface area contributed by atoms with Crippen molar-refractivity contribution in [3.8, 4) is 16.2 Å². The van der Waals surface area contributed by atoms with Gasteiger partial charge < -0.3 is 14.8 Å². The number of halogens is 1. The molecule has 0 saturated heterocycles. The van der Waals surface area contributed by atoms with Crippen molar-refractivity contribution in [2.24, 2.45) is 0 Å².